The Kier molecular flexibility index (Phi) is 5.83. The van der Waals surface area contributed by atoms with Crippen molar-refractivity contribution in [3.05, 3.63) is 82.5 Å². The minimum absolute atomic E-state index is 0.0557. The molecule has 2 aromatic carbocycles. The van der Waals surface area contributed by atoms with Gasteiger partial charge in [0.2, 0.25) is 0 Å². The van der Waals surface area contributed by atoms with E-state index in [1.165, 1.54) is 22.3 Å². The van der Waals surface area contributed by atoms with Gasteiger partial charge in [-0.3, -0.25) is 9.69 Å². The summed E-state index contributed by atoms with van der Waals surface area (Å²) in [6.07, 6.45) is 2.81. The number of nitrogens with zero attached hydrogens (tertiary/aromatic N) is 3. The highest BCUT2D eigenvalue weighted by Crippen LogP contribution is 2.29. The molecule has 168 valence electrons. The molecule has 5 rings (SSSR count). The Morgan fingerprint density at radius 1 is 1.12 bits per heavy atom. The molecule has 3 amide bonds. The van der Waals surface area contributed by atoms with Gasteiger partial charge in [0.05, 0.1) is 5.69 Å². The van der Waals surface area contributed by atoms with Crippen LogP contribution < -0.4 is 10.2 Å². The van der Waals surface area contributed by atoms with Crippen LogP contribution in [-0.2, 0) is 13.0 Å². The maximum atomic E-state index is 13.0. The number of thiazole rings is 1. The molecule has 8 heteroatoms. The van der Waals surface area contributed by atoms with Gasteiger partial charge in [-0.05, 0) is 30.5 Å². The minimum atomic E-state index is -0.164. The highest BCUT2D eigenvalue weighted by molar-refractivity contribution is 7.17. The molecule has 2 aromatic heterocycles. The normalized spacial score (nSPS) is 13.8. The second-order valence-electron chi connectivity index (χ2n) is 8.11. The maximum absolute atomic E-state index is 13.0. The maximum Gasteiger partial charge on any atom is 0.326 e. The molecule has 0 unspecified atom stereocenters. The molecule has 4 aromatic rings. The standard InChI is InChI=1S/C25H25N5O2S/c1-17-22(23(31)27-15-18-7-3-2-4-8-18)33-24(28-17)30-14-13-29(25(30)32)12-11-19-16-26-21-10-6-5-9-20(19)21/h2-10,16,26H,11-15H2,1H3,(H,27,31). The zero-order chi connectivity index (χ0) is 22.8. The number of nitrogens with one attached hydrogen (secondary N) is 2. The zero-order valence-electron chi connectivity index (χ0n) is 18.4. The number of aromatic amines is 1. The van der Waals surface area contributed by atoms with E-state index >= 15 is 0 Å². The summed E-state index contributed by atoms with van der Waals surface area (Å²) in [5.41, 5.74) is 4.00. The van der Waals surface area contributed by atoms with Crippen molar-refractivity contribution in [3.63, 3.8) is 0 Å². The molecule has 1 aliphatic rings. The smallest absolute Gasteiger partial charge is 0.326 e. The molecule has 0 saturated carbocycles. The number of carbonyl (C=O) groups excluding carboxylic acids is 2. The second kappa shape index (κ2) is 9.07. The van der Waals surface area contributed by atoms with Crippen LogP contribution in [0.5, 0.6) is 0 Å². The van der Waals surface area contributed by atoms with Crippen LogP contribution in [0.4, 0.5) is 9.93 Å². The molecular weight excluding hydrogens is 434 g/mol. The summed E-state index contributed by atoms with van der Waals surface area (Å²) in [5.74, 6) is -0.164. The van der Waals surface area contributed by atoms with E-state index in [9.17, 15) is 9.59 Å². The van der Waals surface area contributed by atoms with E-state index in [4.69, 9.17) is 0 Å². The number of aromatic nitrogens is 2. The molecule has 1 aliphatic heterocycles. The Hall–Kier alpha value is -3.65. The second-order valence-corrected chi connectivity index (χ2v) is 9.09. The number of hydrogen-bond acceptors (Lipinski definition) is 4. The van der Waals surface area contributed by atoms with E-state index < -0.39 is 0 Å². The van der Waals surface area contributed by atoms with Crippen LogP contribution in [0.1, 0.15) is 26.5 Å². The fourth-order valence-corrected chi connectivity index (χ4v) is 5.13. The number of benzene rings is 2. The van der Waals surface area contributed by atoms with Crippen molar-refractivity contribution in [3.8, 4) is 0 Å². The highest BCUT2D eigenvalue weighted by Gasteiger charge is 2.32. The van der Waals surface area contributed by atoms with Gasteiger partial charge >= 0.3 is 6.03 Å². The number of para-hydroxylation sites is 1. The average Bonchev–Trinajstić information content (AvgIpc) is 3.53. The first-order chi connectivity index (χ1) is 16.1. The summed E-state index contributed by atoms with van der Waals surface area (Å²) in [5, 5.41) is 4.72. The predicted molar refractivity (Wildman–Crippen MR) is 131 cm³/mol. The number of amides is 3. The zero-order valence-corrected chi connectivity index (χ0v) is 19.2. The molecule has 0 bridgehead atoms. The van der Waals surface area contributed by atoms with Crippen molar-refractivity contribution in [1.82, 2.24) is 20.2 Å². The number of fused-ring (bicyclic) bond motifs is 1. The Morgan fingerprint density at radius 3 is 2.76 bits per heavy atom. The molecule has 1 fully saturated rings. The molecular formula is C25H25N5O2S. The van der Waals surface area contributed by atoms with E-state index in [0.717, 1.165) is 17.5 Å². The third-order valence-electron chi connectivity index (χ3n) is 5.94. The lowest BCUT2D eigenvalue weighted by molar-refractivity contribution is 0.0954. The van der Waals surface area contributed by atoms with E-state index in [1.807, 2.05) is 60.5 Å². The molecule has 2 N–H and O–H groups in total. The number of urea groups is 1. The molecule has 3 heterocycles. The van der Waals surface area contributed by atoms with Crippen LogP contribution >= 0.6 is 11.3 Å². The van der Waals surface area contributed by atoms with Gasteiger partial charge in [0.1, 0.15) is 4.88 Å². The van der Waals surface area contributed by atoms with Gasteiger partial charge in [-0.15, -0.1) is 0 Å². The molecule has 0 radical (unpaired) electrons. The van der Waals surface area contributed by atoms with E-state index in [1.54, 1.807) is 4.90 Å². The minimum Gasteiger partial charge on any atom is -0.361 e. The lowest BCUT2D eigenvalue weighted by Crippen LogP contribution is -2.33. The Bertz CT molecular complexity index is 1300. The summed E-state index contributed by atoms with van der Waals surface area (Å²) >= 11 is 1.27. The van der Waals surface area contributed by atoms with Crippen molar-refractivity contribution >= 4 is 39.3 Å². The monoisotopic (exact) mass is 459 g/mol. The van der Waals surface area contributed by atoms with Crippen LogP contribution in [-0.4, -0.2) is 46.4 Å². The first-order valence-corrected chi connectivity index (χ1v) is 11.8. The van der Waals surface area contributed by atoms with Gasteiger partial charge in [0.25, 0.3) is 5.91 Å². The van der Waals surface area contributed by atoms with Gasteiger partial charge in [0, 0.05) is 43.3 Å². The number of carbonyl (C=O) groups is 2. The lowest BCUT2D eigenvalue weighted by atomic mass is 10.1. The van der Waals surface area contributed by atoms with Crippen molar-refractivity contribution in [2.45, 2.75) is 19.9 Å². The summed E-state index contributed by atoms with van der Waals surface area (Å²) in [7, 11) is 0. The van der Waals surface area contributed by atoms with Gasteiger partial charge in [-0.1, -0.05) is 59.9 Å². The number of H-pyrrole nitrogens is 1. The van der Waals surface area contributed by atoms with Crippen LogP contribution in [0.2, 0.25) is 0 Å². The van der Waals surface area contributed by atoms with Crippen LogP contribution in [0, 0.1) is 6.92 Å². The van der Waals surface area contributed by atoms with Gasteiger partial charge in [-0.2, -0.15) is 0 Å². The van der Waals surface area contributed by atoms with E-state index in [2.05, 4.69) is 27.4 Å². The van der Waals surface area contributed by atoms with Gasteiger partial charge < -0.3 is 15.2 Å². The molecule has 0 aliphatic carbocycles. The first kappa shape index (κ1) is 21.2. The Morgan fingerprint density at radius 2 is 1.91 bits per heavy atom. The molecule has 1 saturated heterocycles. The van der Waals surface area contributed by atoms with Gasteiger partial charge in [0.15, 0.2) is 5.13 Å². The fraction of sp³-hybridized carbons (Fsp3) is 0.240. The first-order valence-electron chi connectivity index (χ1n) is 11.0. The summed E-state index contributed by atoms with van der Waals surface area (Å²) < 4.78 is 0. The van der Waals surface area contributed by atoms with E-state index in [0.29, 0.717) is 41.9 Å². The lowest BCUT2D eigenvalue weighted by Gasteiger charge is -2.16. The number of aryl methyl sites for hydroxylation is 1. The predicted octanol–water partition coefficient (Wildman–Crippen LogP) is 4.35. The summed E-state index contributed by atoms with van der Waals surface area (Å²) in [6, 6.07) is 17.9. The van der Waals surface area contributed by atoms with Crippen molar-refractivity contribution in [2.24, 2.45) is 0 Å². The van der Waals surface area contributed by atoms with Crippen molar-refractivity contribution < 1.29 is 9.59 Å². The summed E-state index contributed by atoms with van der Waals surface area (Å²) in [4.78, 5) is 37.6. The Labute approximate surface area is 196 Å². The quantitative estimate of drug-likeness (QED) is 0.431. The van der Waals surface area contributed by atoms with Crippen molar-refractivity contribution in [2.75, 3.05) is 24.5 Å². The topological polar surface area (TPSA) is 81.3 Å². The highest BCUT2D eigenvalue weighted by atomic mass is 32.1. The average molecular weight is 460 g/mol. The molecule has 0 spiro atoms. The van der Waals surface area contributed by atoms with Crippen molar-refractivity contribution in [1.29, 1.82) is 0 Å². The van der Waals surface area contributed by atoms with Crippen LogP contribution in [0.3, 0.4) is 0 Å². The van der Waals surface area contributed by atoms with Crippen LogP contribution in [0.25, 0.3) is 10.9 Å². The Balaban J connectivity index is 1.22. The van der Waals surface area contributed by atoms with Gasteiger partial charge in [-0.25, -0.2) is 9.78 Å². The molecule has 33 heavy (non-hydrogen) atoms. The van der Waals surface area contributed by atoms with Crippen LogP contribution in [0.15, 0.2) is 60.8 Å². The molecule has 0 atom stereocenters. The number of hydrogen-bond donors (Lipinski definition) is 2. The third kappa shape index (κ3) is 4.34. The third-order valence-corrected chi connectivity index (χ3v) is 7.12. The SMILES string of the molecule is Cc1nc(N2CCN(CCc3c[nH]c4ccccc34)C2=O)sc1C(=O)NCc1ccccc1. The number of anilines is 1. The largest absolute Gasteiger partial charge is 0.361 e. The number of rotatable bonds is 7. The summed E-state index contributed by atoms with van der Waals surface area (Å²) in [6.45, 7) is 4.13. The molecule has 7 nitrogen and oxygen atoms in total. The fourth-order valence-electron chi connectivity index (χ4n) is 4.13. The van der Waals surface area contributed by atoms with E-state index in [-0.39, 0.29) is 11.9 Å².